The predicted octanol–water partition coefficient (Wildman–Crippen LogP) is 4.91. The van der Waals surface area contributed by atoms with Gasteiger partial charge in [0.05, 0.1) is 20.0 Å². The van der Waals surface area contributed by atoms with Crippen molar-refractivity contribution in [3.8, 4) is 11.6 Å². The molecule has 2 aromatic heterocycles. The molecule has 4 atom stereocenters. The molecule has 3 N–H and O–H groups in total. The lowest BCUT2D eigenvalue weighted by atomic mass is 9.77. The summed E-state index contributed by atoms with van der Waals surface area (Å²) in [6.45, 7) is 1.76. The number of benzene rings is 3. The van der Waals surface area contributed by atoms with Crippen LogP contribution in [0.3, 0.4) is 0 Å². The summed E-state index contributed by atoms with van der Waals surface area (Å²) in [5.41, 5.74) is -0.928. The molecule has 3 aromatic carbocycles. The van der Waals surface area contributed by atoms with Crippen molar-refractivity contribution in [2.45, 2.75) is 43.2 Å². The first-order valence-electron chi connectivity index (χ1n) is 14.4. The number of anilines is 1. The van der Waals surface area contributed by atoms with Crippen molar-refractivity contribution in [2.24, 2.45) is 0 Å². The monoisotopic (exact) mass is 617 g/mol. The van der Waals surface area contributed by atoms with E-state index in [0.29, 0.717) is 5.75 Å². The second kappa shape index (κ2) is 11.7. The van der Waals surface area contributed by atoms with Crippen molar-refractivity contribution in [3.05, 3.63) is 108 Å². The van der Waals surface area contributed by atoms with Crippen LogP contribution in [0.15, 0.2) is 91.3 Å². The lowest BCUT2D eigenvalue weighted by Crippen LogP contribution is -2.46. The molecule has 1 fully saturated rings. The fourth-order valence-corrected chi connectivity index (χ4v) is 5.83. The van der Waals surface area contributed by atoms with Crippen LogP contribution in [0.25, 0.3) is 11.2 Å². The first kappa shape index (κ1) is 30.4. The minimum atomic E-state index is -3.04. The summed E-state index contributed by atoms with van der Waals surface area (Å²) in [5, 5.41) is 23.6. The van der Waals surface area contributed by atoms with Crippen molar-refractivity contribution in [1.29, 1.82) is 0 Å². The maximum Gasteiger partial charge on any atom is 0.263 e. The van der Waals surface area contributed by atoms with Gasteiger partial charge >= 0.3 is 0 Å². The van der Waals surface area contributed by atoms with Gasteiger partial charge in [0.2, 0.25) is 11.8 Å². The molecule has 12 heteroatoms. The van der Waals surface area contributed by atoms with Crippen LogP contribution in [0, 0.1) is 0 Å². The van der Waals surface area contributed by atoms with E-state index >= 15 is 8.78 Å². The second-order valence-electron chi connectivity index (χ2n) is 10.9. The van der Waals surface area contributed by atoms with Crippen LogP contribution in [-0.4, -0.2) is 67.7 Å². The maximum absolute atomic E-state index is 15.9. The first-order chi connectivity index (χ1) is 21.7. The lowest BCUT2D eigenvalue weighted by Gasteiger charge is -2.37. The summed E-state index contributed by atoms with van der Waals surface area (Å²) in [7, 11) is 1.60. The van der Waals surface area contributed by atoms with Gasteiger partial charge in [-0.25, -0.2) is 13.8 Å². The van der Waals surface area contributed by atoms with Crippen LogP contribution in [0.4, 0.5) is 14.7 Å². The van der Waals surface area contributed by atoms with E-state index in [1.165, 1.54) is 10.9 Å². The number of hydrogen-bond acceptors (Lipinski definition) is 9. The van der Waals surface area contributed by atoms with E-state index in [2.05, 4.69) is 15.3 Å². The standard InChI is InChI=1S/C33H33F2N5O5/c1-4-44-27-25-26(40(20-36-25)29-31(2,34)28(42)32(35,19-41)45-29)37-30(38-27)39-33(21-11-7-5-8-12-21,22-13-9-6-10-14-22)23-15-17-24(43-3)18-16-23/h5-18,20,28-29,41-42H,4,19H2,1-3H3,(H,37,38,39)/t28-,29-,31+,32+/m0/s1. The third-order valence-corrected chi connectivity index (χ3v) is 8.11. The van der Waals surface area contributed by atoms with Crippen molar-refractivity contribution in [3.63, 3.8) is 0 Å². The zero-order chi connectivity index (χ0) is 31.8. The van der Waals surface area contributed by atoms with Gasteiger partial charge in [-0.15, -0.1) is 0 Å². The predicted molar refractivity (Wildman–Crippen MR) is 162 cm³/mol. The zero-order valence-electron chi connectivity index (χ0n) is 24.9. The van der Waals surface area contributed by atoms with Gasteiger partial charge in [-0.05, 0) is 42.7 Å². The summed E-state index contributed by atoms with van der Waals surface area (Å²) in [6.07, 6.45) is -2.78. The summed E-state index contributed by atoms with van der Waals surface area (Å²) < 4.78 is 48.9. The quantitative estimate of drug-likeness (QED) is 0.188. The van der Waals surface area contributed by atoms with Gasteiger partial charge in [-0.2, -0.15) is 9.97 Å². The molecule has 0 radical (unpaired) electrons. The van der Waals surface area contributed by atoms with E-state index in [1.54, 1.807) is 14.0 Å². The van der Waals surface area contributed by atoms with Gasteiger partial charge in [0, 0.05) is 0 Å². The molecule has 10 nitrogen and oxygen atoms in total. The fraction of sp³-hybridized carbons (Fsp3) is 0.303. The number of hydrogen-bond donors (Lipinski definition) is 3. The van der Waals surface area contributed by atoms with Crippen molar-refractivity contribution >= 4 is 17.1 Å². The minimum absolute atomic E-state index is 0.0592. The number of imidazole rings is 1. The van der Waals surface area contributed by atoms with Gasteiger partial charge in [-0.1, -0.05) is 72.8 Å². The van der Waals surface area contributed by atoms with E-state index in [1.807, 2.05) is 84.9 Å². The smallest absolute Gasteiger partial charge is 0.263 e. The molecule has 45 heavy (non-hydrogen) atoms. The average Bonchev–Trinajstić information content (AvgIpc) is 3.57. The molecule has 5 aromatic rings. The number of nitrogens with zero attached hydrogens (tertiary/aromatic N) is 4. The van der Waals surface area contributed by atoms with E-state index in [4.69, 9.17) is 19.2 Å². The van der Waals surface area contributed by atoms with Gasteiger partial charge in [0.15, 0.2) is 29.2 Å². The number of methoxy groups -OCH3 is 1. The Labute approximate surface area is 258 Å². The Morgan fingerprint density at radius 1 is 0.956 bits per heavy atom. The third kappa shape index (κ3) is 5.04. The molecule has 6 rings (SSSR count). The Kier molecular flexibility index (Phi) is 7.89. The van der Waals surface area contributed by atoms with E-state index < -0.39 is 36.0 Å². The zero-order valence-corrected chi connectivity index (χ0v) is 24.9. The van der Waals surface area contributed by atoms with Crippen molar-refractivity contribution in [1.82, 2.24) is 19.5 Å². The Morgan fingerprint density at radius 3 is 2.09 bits per heavy atom. The number of fused-ring (bicyclic) bond motifs is 1. The molecule has 1 aliphatic heterocycles. The third-order valence-electron chi connectivity index (χ3n) is 8.11. The molecule has 0 spiro atoms. The number of aliphatic hydroxyl groups excluding tert-OH is 2. The number of nitrogens with one attached hydrogen (secondary N) is 1. The molecule has 0 unspecified atom stereocenters. The molecular formula is C33H33F2N5O5. The number of aromatic nitrogens is 4. The van der Waals surface area contributed by atoms with Crippen LogP contribution >= 0.6 is 0 Å². The second-order valence-corrected chi connectivity index (χ2v) is 10.9. The number of alkyl halides is 2. The topological polar surface area (TPSA) is 124 Å². The first-order valence-corrected chi connectivity index (χ1v) is 14.4. The van der Waals surface area contributed by atoms with Crippen LogP contribution < -0.4 is 14.8 Å². The minimum Gasteiger partial charge on any atom is -0.497 e. The molecule has 1 aliphatic rings. The molecule has 0 bridgehead atoms. The van der Waals surface area contributed by atoms with Crippen LogP contribution in [-0.2, 0) is 10.3 Å². The van der Waals surface area contributed by atoms with Gasteiger partial charge in [0.25, 0.3) is 5.85 Å². The van der Waals surface area contributed by atoms with Crippen molar-refractivity contribution < 1.29 is 33.2 Å². The molecule has 0 saturated carbocycles. The molecule has 0 amide bonds. The molecule has 3 heterocycles. The molecule has 234 valence electrons. The van der Waals surface area contributed by atoms with E-state index in [0.717, 1.165) is 23.6 Å². The number of halogens is 2. The number of ether oxygens (including phenoxy) is 3. The normalized spacial score (nSPS) is 23.3. The Balaban J connectivity index is 1.58. The highest BCUT2D eigenvalue weighted by molar-refractivity contribution is 5.78. The summed E-state index contributed by atoms with van der Waals surface area (Å²) in [4.78, 5) is 13.8. The summed E-state index contributed by atoms with van der Waals surface area (Å²) in [6, 6.07) is 27.1. The fourth-order valence-electron chi connectivity index (χ4n) is 5.83. The summed E-state index contributed by atoms with van der Waals surface area (Å²) in [5.74, 6) is -2.18. The van der Waals surface area contributed by atoms with Crippen molar-refractivity contribution in [2.75, 3.05) is 25.6 Å². The highest BCUT2D eigenvalue weighted by atomic mass is 19.2. The highest BCUT2D eigenvalue weighted by Crippen LogP contribution is 2.48. The molecular weight excluding hydrogens is 584 g/mol. The molecule has 0 aliphatic carbocycles. The SMILES string of the molecule is CCOc1nc(NC(c2ccccc2)(c2ccccc2)c2ccc(OC)cc2)nc2c1ncn2[C@H]1O[C@](F)(CO)[C@@H](O)[C@@]1(C)F. The Morgan fingerprint density at radius 2 is 1.56 bits per heavy atom. The largest absolute Gasteiger partial charge is 0.497 e. The van der Waals surface area contributed by atoms with Gasteiger partial charge in [0.1, 0.15) is 17.9 Å². The Bertz CT molecular complexity index is 1730. The lowest BCUT2D eigenvalue weighted by molar-refractivity contribution is -0.206. The number of rotatable bonds is 10. The molecule has 1 saturated heterocycles. The van der Waals surface area contributed by atoms with E-state index in [-0.39, 0.29) is 29.6 Å². The maximum atomic E-state index is 15.9. The van der Waals surface area contributed by atoms with Crippen LogP contribution in [0.5, 0.6) is 11.6 Å². The van der Waals surface area contributed by atoms with Crippen LogP contribution in [0.1, 0.15) is 36.8 Å². The average molecular weight is 618 g/mol. The van der Waals surface area contributed by atoms with Gasteiger partial charge < -0.3 is 29.7 Å². The Hall–Kier alpha value is -4.65. The van der Waals surface area contributed by atoms with Crippen LogP contribution in [0.2, 0.25) is 0 Å². The summed E-state index contributed by atoms with van der Waals surface area (Å²) >= 11 is 0. The van der Waals surface area contributed by atoms with E-state index in [9.17, 15) is 10.2 Å². The van der Waals surface area contributed by atoms with Gasteiger partial charge in [-0.3, -0.25) is 4.57 Å². The highest BCUT2D eigenvalue weighted by Gasteiger charge is 2.64. The number of aliphatic hydroxyl groups is 2.